The molecule has 1 N–H and O–H groups in total. The SMILES string of the molecule is CCCCc1n[nH]c(=S)n1/N=C\c1ccc(OC(C)C)c(OCC)c1. The summed E-state index contributed by atoms with van der Waals surface area (Å²) >= 11 is 5.26. The van der Waals surface area contributed by atoms with Gasteiger partial charge in [0.15, 0.2) is 17.3 Å². The monoisotopic (exact) mass is 362 g/mol. The van der Waals surface area contributed by atoms with E-state index in [0.717, 1.165) is 36.4 Å². The molecule has 0 atom stereocenters. The van der Waals surface area contributed by atoms with Crippen molar-refractivity contribution < 1.29 is 9.47 Å². The number of aryl methyl sites for hydroxylation is 1. The van der Waals surface area contributed by atoms with Crippen LogP contribution in [0, 0.1) is 4.77 Å². The second-order valence-electron chi connectivity index (χ2n) is 5.91. The van der Waals surface area contributed by atoms with Crippen LogP contribution in [0.2, 0.25) is 0 Å². The molecule has 136 valence electrons. The lowest BCUT2D eigenvalue weighted by Crippen LogP contribution is -2.07. The molecule has 0 amide bonds. The zero-order valence-corrected chi connectivity index (χ0v) is 16.1. The van der Waals surface area contributed by atoms with Crippen molar-refractivity contribution in [2.24, 2.45) is 5.10 Å². The summed E-state index contributed by atoms with van der Waals surface area (Å²) in [4.78, 5) is 0. The Morgan fingerprint density at radius 1 is 1.32 bits per heavy atom. The number of aromatic amines is 1. The molecule has 1 aromatic carbocycles. The molecule has 0 fully saturated rings. The molecule has 1 aromatic heterocycles. The van der Waals surface area contributed by atoms with Crippen LogP contribution in [-0.4, -0.2) is 33.8 Å². The number of rotatable bonds is 9. The highest BCUT2D eigenvalue weighted by molar-refractivity contribution is 7.71. The predicted octanol–water partition coefficient (Wildman–Crippen LogP) is 4.35. The maximum absolute atomic E-state index is 5.78. The van der Waals surface area contributed by atoms with Gasteiger partial charge < -0.3 is 9.47 Å². The number of benzene rings is 1. The van der Waals surface area contributed by atoms with Crippen LogP contribution < -0.4 is 9.47 Å². The molecular weight excluding hydrogens is 336 g/mol. The maximum atomic E-state index is 5.78. The van der Waals surface area contributed by atoms with Crippen molar-refractivity contribution in [3.63, 3.8) is 0 Å². The van der Waals surface area contributed by atoms with E-state index >= 15 is 0 Å². The van der Waals surface area contributed by atoms with Crippen molar-refractivity contribution in [3.05, 3.63) is 34.4 Å². The second-order valence-corrected chi connectivity index (χ2v) is 6.30. The van der Waals surface area contributed by atoms with E-state index in [1.54, 1.807) is 10.9 Å². The highest BCUT2D eigenvalue weighted by Crippen LogP contribution is 2.29. The Bertz CT molecular complexity index is 765. The molecule has 7 heteroatoms. The Balaban J connectivity index is 2.25. The largest absolute Gasteiger partial charge is 0.490 e. The van der Waals surface area contributed by atoms with Crippen LogP contribution in [0.1, 0.15) is 51.9 Å². The molecule has 1 heterocycles. The van der Waals surface area contributed by atoms with E-state index in [2.05, 4.69) is 22.2 Å². The average Bonchev–Trinajstić information content (AvgIpc) is 2.93. The number of ether oxygens (including phenoxy) is 2. The summed E-state index contributed by atoms with van der Waals surface area (Å²) in [6, 6.07) is 5.76. The maximum Gasteiger partial charge on any atom is 0.216 e. The van der Waals surface area contributed by atoms with E-state index in [9.17, 15) is 0 Å². The minimum Gasteiger partial charge on any atom is -0.490 e. The topological polar surface area (TPSA) is 64.4 Å². The lowest BCUT2D eigenvalue weighted by atomic mass is 10.2. The van der Waals surface area contributed by atoms with E-state index in [4.69, 9.17) is 21.7 Å². The summed E-state index contributed by atoms with van der Waals surface area (Å²) in [6.07, 6.45) is 4.82. The van der Waals surface area contributed by atoms with Crippen molar-refractivity contribution in [1.29, 1.82) is 0 Å². The van der Waals surface area contributed by atoms with Gasteiger partial charge >= 0.3 is 0 Å². The quantitative estimate of drug-likeness (QED) is 0.532. The third-order valence-electron chi connectivity index (χ3n) is 3.42. The van der Waals surface area contributed by atoms with Gasteiger partial charge in [-0.15, -0.1) is 0 Å². The van der Waals surface area contributed by atoms with E-state index in [1.165, 1.54) is 0 Å². The minimum absolute atomic E-state index is 0.0871. The summed E-state index contributed by atoms with van der Waals surface area (Å²) in [7, 11) is 0. The molecule has 0 aliphatic rings. The Morgan fingerprint density at radius 2 is 2.12 bits per heavy atom. The first-order valence-corrected chi connectivity index (χ1v) is 9.10. The molecule has 0 aliphatic heterocycles. The zero-order valence-electron chi connectivity index (χ0n) is 15.3. The molecule has 2 rings (SSSR count). The molecule has 0 unspecified atom stereocenters. The van der Waals surface area contributed by atoms with Crippen molar-refractivity contribution in [2.45, 2.75) is 53.1 Å². The predicted molar refractivity (Wildman–Crippen MR) is 102 cm³/mol. The fourth-order valence-corrected chi connectivity index (χ4v) is 2.49. The first-order valence-electron chi connectivity index (χ1n) is 8.69. The lowest BCUT2D eigenvalue weighted by molar-refractivity contribution is 0.224. The van der Waals surface area contributed by atoms with Crippen LogP contribution in [0.4, 0.5) is 0 Å². The molecule has 0 radical (unpaired) electrons. The molecule has 0 saturated carbocycles. The smallest absolute Gasteiger partial charge is 0.216 e. The van der Waals surface area contributed by atoms with Crippen LogP contribution >= 0.6 is 12.2 Å². The van der Waals surface area contributed by atoms with Gasteiger partial charge in [0, 0.05) is 6.42 Å². The minimum atomic E-state index is 0.0871. The number of aromatic nitrogens is 3. The van der Waals surface area contributed by atoms with Gasteiger partial charge in [-0.25, -0.2) is 0 Å². The third kappa shape index (κ3) is 5.42. The highest BCUT2D eigenvalue weighted by Gasteiger charge is 2.08. The van der Waals surface area contributed by atoms with Gasteiger partial charge in [-0.05, 0) is 63.2 Å². The summed E-state index contributed by atoms with van der Waals surface area (Å²) in [5.74, 6) is 2.28. The van der Waals surface area contributed by atoms with Gasteiger partial charge in [-0.3, -0.25) is 5.10 Å². The number of H-pyrrole nitrogens is 1. The highest BCUT2D eigenvalue weighted by atomic mass is 32.1. The molecule has 2 aromatic rings. The van der Waals surface area contributed by atoms with Crippen LogP contribution in [0.3, 0.4) is 0 Å². The van der Waals surface area contributed by atoms with Crippen LogP contribution in [0.15, 0.2) is 23.3 Å². The van der Waals surface area contributed by atoms with E-state index in [0.29, 0.717) is 17.1 Å². The van der Waals surface area contributed by atoms with Gasteiger partial charge in [0.1, 0.15) is 0 Å². The summed E-state index contributed by atoms with van der Waals surface area (Å²) in [5, 5.41) is 11.5. The molecule has 0 bridgehead atoms. The third-order valence-corrected chi connectivity index (χ3v) is 3.69. The van der Waals surface area contributed by atoms with Crippen LogP contribution in [0.5, 0.6) is 11.5 Å². The Hall–Kier alpha value is -2.15. The van der Waals surface area contributed by atoms with Crippen molar-refractivity contribution in [1.82, 2.24) is 14.9 Å². The second kappa shape index (κ2) is 9.36. The van der Waals surface area contributed by atoms with E-state index in [1.807, 2.05) is 39.0 Å². The van der Waals surface area contributed by atoms with Gasteiger partial charge in [0.05, 0.1) is 18.9 Å². The van der Waals surface area contributed by atoms with Gasteiger partial charge in [0.25, 0.3) is 0 Å². The zero-order chi connectivity index (χ0) is 18.2. The molecular formula is C18H26N4O2S. The van der Waals surface area contributed by atoms with Gasteiger partial charge in [-0.1, -0.05) is 13.3 Å². The first kappa shape index (κ1) is 19.2. The van der Waals surface area contributed by atoms with Crippen LogP contribution in [-0.2, 0) is 6.42 Å². The number of hydrogen-bond acceptors (Lipinski definition) is 5. The van der Waals surface area contributed by atoms with E-state index < -0.39 is 0 Å². The number of unbranched alkanes of at least 4 members (excludes halogenated alkanes) is 1. The fraction of sp³-hybridized carbons (Fsp3) is 0.500. The normalized spacial score (nSPS) is 11.4. The summed E-state index contributed by atoms with van der Waals surface area (Å²) < 4.78 is 13.6. The lowest BCUT2D eigenvalue weighted by Gasteiger charge is -2.14. The number of nitrogens with one attached hydrogen (secondary N) is 1. The van der Waals surface area contributed by atoms with Gasteiger partial charge in [0.2, 0.25) is 4.77 Å². The summed E-state index contributed by atoms with van der Waals surface area (Å²) in [6.45, 7) is 8.64. The molecule has 0 spiro atoms. The molecule has 0 saturated heterocycles. The Labute approximate surface area is 153 Å². The number of hydrogen-bond donors (Lipinski definition) is 1. The van der Waals surface area contributed by atoms with Crippen molar-refractivity contribution in [2.75, 3.05) is 6.61 Å². The average molecular weight is 362 g/mol. The molecule has 0 aliphatic carbocycles. The first-order chi connectivity index (χ1) is 12.0. The molecule has 25 heavy (non-hydrogen) atoms. The van der Waals surface area contributed by atoms with Crippen molar-refractivity contribution in [3.8, 4) is 11.5 Å². The van der Waals surface area contributed by atoms with E-state index in [-0.39, 0.29) is 6.10 Å². The number of nitrogens with zero attached hydrogens (tertiary/aromatic N) is 3. The van der Waals surface area contributed by atoms with Crippen LogP contribution in [0.25, 0.3) is 0 Å². The standard InChI is InChI=1S/C18H26N4O2S/c1-5-7-8-17-20-21-18(25)22(17)19-12-14-9-10-15(24-13(3)4)16(11-14)23-6-2/h9-13H,5-8H2,1-4H3,(H,21,25)/b19-12-. The van der Waals surface area contributed by atoms with Gasteiger partial charge in [-0.2, -0.15) is 14.9 Å². The fourth-order valence-electron chi connectivity index (χ4n) is 2.29. The van der Waals surface area contributed by atoms with Crippen molar-refractivity contribution >= 4 is 18.4 Å². The summed E-state index contributed by atoms with van der Waals surface area (Å²) in [5.41, 5.74) is 0.907. The Morgan fingerprint density at radius 3 is 2.80 bits per heavy atom. The Kier molecular flexibility index (Phi) is 7.18. The molecule has 6 nitrogen and oxygen atoms in total.